The lowest BCUT2D eigenvalue weighted by Gasteiger charge is -2.17. The van der Waals surface area contributed by atoms with Gasteiger partial charge in [0.05, 0.1) is 5.56 Å². The average molecular weight is 351 g/mol. The standard InChI is InChI=1S/C20H25N5O/c26-19(15-13-21-20(22-14-15)24-16-5-1-2-6-16)23-17-7-9-18(10-8-17)25-11-3-4-12-25/h7-10,13-14,16H,1-6,11-12H2,(H,23,26)(H,21,22,24). The van der Waals surface area contributed by atoms with E-state index in [1.807, 2.05) is 12.1 Å². The minimum absolute atomic E-state index is 0.189. The fraction of sp³-hybridized carbons (Fsp3) is 0.450. The molecule has 26 heavy (non-hydrogen) atoms. The molecule has 1 aliphatic carbocycles. The molecule has 1 aromatic heterocycles. The van der Waals surface area contributed by atoms with E-state index >= 15 is 0 Å². The van der Waals surface area contributed by atoms with Gasteiger partial charge in [-0.2, -0.15) is 0 Å². The van der Waals surface area contributed by atoms with Crippen LogP contribution in [0.25, 0.3) is 0 Å². The Hall–Kier alpha value is -2.63. The Morgan fingerprint density at radius 3 is 2.27 bits per heavy atom. The second-order valence-corrected chi connectivity index (χ2v) is 7.12. The van der Waals surface area contributed by atoms with E-state index < -0.39 is 0 Å². The highest BCUT2D eigenvalue weighted by Gasteiger charge is 2.16. The summed E-state index contributed by atoms with van der Waals surface area (Å²) in [4.78, 5) is 23.3. The highest BCUT2D eigenvalue weighted by atomic mass is 16.1. The van der Waals surface area contributed by atoms with Gasteiger partial charge < -0.3 is 15.5 Å². The molecule has 1 aliphatic heterocycles. The van der Waals surface area contributed by atoms with Crippen molar-refractivity contribution in [2.75, 3.05) is 28.6 Å². The fourth-order valence-electron chi connectivity index (χ4n) is 3.71. The molecule has 4 rings (SSSR count). The van der Waals surface area contributed by atoms with Crippen molar-refractivity contribution in [2.24, 2.45) is 0 Å². The van der Waals surface area contributed by atoms with Crippen LogP contribution in [0.3, 0.4) is 0 Å². The van der Waals surface area contributed by atoms with Crippen molar-refractivity contribution in [2.45, 2.75) is 44.6 Å². The maximum Gasteiger partial charge on any atom is 0.258 e. The third-order valence-electron chi connectivity index (χ3n) is 5.20. The van der Waals surface area contributed by atoms with Crippen LogP contribution < -0.4 is 15.5 Å². The van der Waals surface area contributed by atoms with Crippen LogP contribution in [0.2, 0.25) is 0 Å². The van der Waals surface area contributed by atoms with Gasteiger partial charge in [0.1, 0.15) is 0 Å². The van der Waals surface area contributed by atoms with E-state index in [-0.39, 0.29) is 5.91 Å². The van der Waals surface area contributed by atoms with Crippen LogP contribution in [0.4, 0.5) is 17.3 Å². The predicted octanol–water partition coefficient (Wildman–Crippen LogP) is 3.68. The summed E-state index contributed by atoms with van der Waals surface area (Å²) < 4.78 is 0. The molecule has 1 aromatic carbocycles. The van der Waals surface area contributed by atoms with Crippen molar-refractivity contribution in [3.8, 4) is 0 Å². The van der Waals surface area contributed by atoms with E-state index in [2.05, 4.69) is 37.6 Å². The largest absolute Gasteiger partial charge is 0.372 e. The van der Waals surface area contributed by atoms with Gasteiger partial charge in [-0.3, -0.25) is 4.79 Å². The van der Waals surface area contributed by atoms with Gasteiger partial charge in [0.15, 0.2) is 0 Å². The SMILES string of the molecule is O=C(Nc1ccc(N2CCCC2)cc1)c1cnc(NC2CCCC2)nc1. The summed E-state index contributed by atoms with van der Waals surface area (Å²) in [6.45, 7) is 2.23. The molecule has 0 bridgehead atoms. The summed E-state index contributed by atoms with van der Waals surface area (Å²) in [6.07, 6.45) is 10.5. The Morgan fingerprint density at radius 2 is 1.62 bits per heavy atom. The molecule has 2 N–H and O–H groups in total. The maximum absolute atomic E-state index is 12.4. The molecule has 2 heterocycles. The van der Waals surface area contributed by atoms with E-state index in [0.717, 1.165) is 18.8 Å². The van der Waals surface area contributed by atoms with E-state index in [9.17, 15) is 4.79 Å². The van der Waals surface area contributed by atoms with Crippen molar-refractivity contribution in [1.82, 2.24) is 9.97 Å². The lowest BCUT2D eigenvalue weighted by molar-refractivity contribution is 0.102. The van der Waals surface area contributed by atoms with Crippen molar-refractivity contribution in [3.05, 3.63) is 42.2 Å². The molecule has 2 fully saturated rings. The summed E-state index contributed by atoms with van der Waals surface area (Å²) in [5.74, 6) is 0.412. The van der Waals surface area contributed by atoms with E-state index in [0.29, 0.717) is 17.6 Å². The number of nitrogens with one attached hydrogen (secondary N) is 2. The predicted molar refractivity (Wildman–Crippen MR) is 104 cm³/mol. The minimum atomic E-state index is -0.189. The summed E-state index contributed by atoms with van der Waals surface area (Å²) in [5, 5.41) is 6.24. The molecule has 0 radical (unpaired) electrons. The first-order chi connectivity index (χ1) is 12.8. The van der Waals surface area contributed by atoms with Crippen molar-refractivity contribution >= 4 is 23.2 Å². The molecule has 1 saturated carbocycles. The first-order valence-electron chi connectivity index (χ1n) is 9.53. The Labute approximate surface area is 154 Å². The van der Waals surface area contributed by atoms with Gasteiger partial charge in [-0.1, -0.05) is 12.8 Å². The maximum atomic E-state index is 12.4. The molecule has 0 spiro atoms. The van der Waals surface area contributed by atoms with Gasteiger partial charge in [0, 0.05) is 42.9 Å². The molecular weight excluding hydrogens is 326 g/mol. The molecule has 6 nitrogen and oxygen atoms in total. The van der Waals surface area contributed by atoms with Crippen molar-refractivity contribution in [3.63, 3.8) is 0 Å². The number of rotatable bonds is 5. The summed E-state index contributed by atoms with van der Waals surface area (Å²) >= 11 is 0. The van der Waals surface area contributed by atoms with E-state index in [4.69, 9.17) is 0 Å². The molecule has 6 heteroatoms. The smallest absolute Gasteiger partial charge is 0.258 e. The number of anilines is 3. The molecular formula is C20H25N5O. The van der Waals surface area contributed by atoms with Crippen LogP contribution in [-0.2, 0) is 0 Å². The summed E-state index contributed by atoms with van der Waals surface area (Å²) in [5.41, 5.74) is 2.46. The van der Waals surface area contributed by atoms with Gasteiger partial charge in [0.2, 0.25) is 5.95 Å². The third kappa shape index (κ3) is 3.95. The molecule has 2 aromatic rings. The highest BCUT2D eigenvalue weighted by Crippen LogP contribution is 2.23. The first kappa shape index (κ1) is 16.8. The second kappa shape index (κ2) is 7.72. The minimum Gasteiger partial charge on any atom is -0.372 e. The van der Waals surface area contributed by atoms with Crippen LogP contribution in [0, 0.1) is 0 Å². The molecule has 1 saturated heterocycles. The Bertz CT molecular complexity index is 732. The fourth-order valence-corrected chi connectivity index (χ4v) is 3.71. The number of aromatic nitrogens is 2. The van der Waals surface area contributed by atoms with Gasteiger partial charge in [-0.05, 0) is 49.9 Å². The summed E-state index contributed by atoms with van der Waals surface area (Å²) in [6, 6.07) is 8.48. The number of hydrogen-bond acceptors (Lipinski definition) is 5. The normalized spacial score (nSPS) is 17.5. The third-order valence-corrected chi connectivity index (χ3v) is 5.20. The zero-order chi connectivity index (χ0) is 17.8. The molecule has 1 amide bonds. The van der Waals surface area contributed by atoms with Crippen molar-refractivity contribution < 1.29 is 4.79 Å². The monoisotopic (exact) mass is 351 g/mol. The van der Waals surface area contributed by atoms with E-state index in [1.165, 1.54) is 44.2 Å². The number of benzene rings is 1. The van der Waals surface area contributed by atoms with Gasteiger partial charge in [-0.15, -0.1) is 0 Å². The average Bonchev–Trinajstić information content (AvgIpc) is 3.37. The molecule has 0 atom stereocenters. The van der Waals surface area contributed by atoms with Crippen LogP contribution >= 0.6 is 0 Å². The van der Waals surface area contributed by atoms with E-state index in [1.54, 1.807) is 12.4 Å². The Morgan fingerprint density at radius 1 is 0.962 bits per heavy atom. The number of carbonyl (C=O) groups excluding carboxylic acids is 1. The highest BCUT2D eigenvalue weighted by molar-refractivity contribution is 6.03. The topological polar surface area (TPSA) is 70.2 Å². The number of amides is 1. The zero-order valence-corrected chi connectivity index (χ0v) is 14.9. The Kier molecular flexibility index (Phi) is 5.00. The number of carbonyl (C=O) groups is 1. The second-order valence-electron chi connectivity index (χ2n) is 7.12. The number of hydrogen-bond donors (Lipinski definition) is 2. The van der Waals surface area contributed by atoms with Crippen LogP contribution in [0.1, 0.15) is 48.9 Å². The quantitative estimate of drug-likeness (QED) is 0.860. The lowest BCUT2D eigenvalue weighted by Crippen LogP contribution is -2.18. The van der Waals surface area contributed by atoms with Gasteiger partial charge >= 0.3 is 0 Å². The van der Waals surface area contributed by atoms with Crippen molar-refractivity contribution in [1.29, 1.82) is 0 Å². The first-order valence-corrected chi connectivity index (χ1v) is 9.53. The number of nitrogens with zero attached hydrogens (tertiary/aromatic N) is 3. The molecule has 136 valence electrons. The molecule has 0 unspecified atom stereocenters. The van der Waals surface area contributed by atoms with Crippen LogP contribution in [0.15, 0.2) is 36.7 Å². The van der Waals surface area contributed by atoms with Crippen LogP contribution in [0.5, 0.6) is 0 Å². The zero-order valence-electron chi connectivity index (χ0n) is 14.9. The Balaban J connectivity index is 1.35. The van der Waals surface area contributed by atoms with Crippen LogP contribution in [-0.4, -0.2) is 35.0 Å². The van der Waals surface area contributed by atoms with Gasteiger partial charge in [-0.25, -0.2) is 9.97 Å². The lowest BCUT2D eigenvalue weighted by atomic mass is 10.2. The van der Waals surface area contributed by atoms with Gasteiger partial charge in [0.25, 0.3) is 5.91 Å². The molecule has 2 aliphatic rings. The summed E-state index contributed by atoms with van der Waals surface area (Å²) in [7, 11) is 0.